The summed E-state index contributed by atoms with van der Waals surface area (Å²) in [6.07, 6.45) is 3.86. The number of hydrogen-bond acceptors (Lipinski definition) is 2. The Morgan fingerprint density at radius 3 is 2.59 bits per heavy atom. The normalized spacial score (nSPS) is 21.5. The van der Waals surface area contributed by atoms with Crippen molar-refractivity contribution < 1.29 is 9.59 Å². The molecule has 0 aromatic heterocycles. The van der Waals surface area contributed by atoms with E-state index in [0.29, 0.717) is 5.56 Å². The monoisotopic (exact) mass is 229 g/mol. The van der Waals surface area contributed by atoms with Crippen LogP contribution in [0.1, 0.15) is 47.2 Å². The number of carbonyl (C=O) groups excluding carboxylic acids is 2. The number of fused-ring (bicyclic) bond motifs is 2. The summed E-state index contributed by atoms with van der Waals surface area (Å²) < 4.78 is 0. The second kappa shape index (κ2) is 3.42. The van der Waals surface area contributed by atoms with E-state index in [0.717, 1.165) is 36.8 Å². The highest BCUT2D eigenvalue weighted by Gasteiger charge is 2.48. The zero-order valence-corrected chi connectivity index (χ0v) is 9.88. The van der Waals surface area contributed by atoms with E-state index in [1.807, 2.05) is 25.1 Å². The highest BCUT2D eigenvalue weighted by molar-refractivity contribution is 6.13. The molecule has 3 nitrogen and oxygen atoms in total. The summed E-state index contributed by atoms with van der Waals surface area (Å²) in [5.74, 6) is -0.347. The smallest absolute Gasteiger partial charge is 0.258 e. The van der Waals surface area contributed by atoms with E-state index in [9.17, 15) is 9.59 Å². The fourth-order valence-corrected chi connectivity index (χ4v) is 3.14. The molecule has 1 aliphatic heterocycles. The molecular weight excluding hydrogens is 214 g/mol. The van der Waals surface area contributed by atoms with Gasteiger partial charge in [-0.25, -0.2) is 0 Å². The van der Waals surface area contributed by atoms with E-state index in [1.165, 1.54) is 0 Å². The summed E-state index contributed by atoms with van der Waals surface area (Å²) in [6, 6.07) is 5.78. The van der Waals surface area contributed by atoms with Gasteiger partial charge in [0.1, 0.15) is 0 Å². The standard InChI is InChI=1S/C14H15NO2/c1-9-4-5-10-11(8-9)14(6-2-3-7-14)13(17)15-12(10)16/h4-5,8H,2-3,6-7H2,1H3,(H,15,16,17). The molecule has 17 heavy (non-hydrogen) atoms. The lowest BCUT2D eigenvalue weighted by atomic mass is 9.73. The van der Waals surface area contributed by atoms with Crippen molar-refractivity contribution in [3.8, 4) is 0 Å². The summed E-state index contributed by atoms with van der Waals surface area (Å²) in [7, 11) is 0. The highest BCUT2D eigenvalue weighted by atomic mass is 16.2. The van der Waals surface area contributed by atoms with Gasteiger partial charge < -0.3 is 0 Å². The first-order valence-corrected chi connectivity index (χ1v) is 6.10. The minimum absolute atomic E-state index is 0.0990. The molecule has 1 aromatic rings. The fourth-order valence-electron chi connectivity index (χ4n) is 3.14. The first-order chi connectivity index (χ1) is 8.13. The third-order valence-corrected chi connectivity index (χ3v) is 4.05. The quantitative estimate of drug-likeness (QED) is 0.692. The van der Waals surface area contributed by atoms with Crippen LogP contribution < -0.4 is 5.32 Å². The Labute approximate surface area is 100 Å². The average molecular weight is 229 g/mol. The molecule has 0 saturated heterocycles. The second-order valence-electron chi connectivity index (χ2n) is 5.12. The van der Waals surface area contributed by atoms with Crippen LogP contribution in [0.5, 0.6) is 0 Å². The molecule has 1 saturated carbocycles. The van der Waals surface area contributed by atoms with Crippen LogP contribution >= 0.6 is 0 Å². The molecule has 1 fully saturated rings. The Morgan fingerprint density at radius 2 is 1.88 bits per heavy atom. The molecule has 1 spiro atoms. The summed E-state index contributed by atoms with van der Waals surface area (Å²) >= 11 is 0. The van der Waals surface area contributed by atoms with Gasteiger partial charge in [-0.05, 0) is 31.4 Å². The van der Waals surface area contributed by atoms with Crippen LogP contribution in [0, 0.1) is 6.92 Å². The maximum absolute atomic E-state index is 12.2. The topological polar surface area (TPSA) is 46.2 Å². The van der Waals surface area contributed by atoms with Crippen molar-refractivity contribution in [2.45, 2.75) is 38.0 Å². The average Bonchev–Trinajstić information content (AvgIpc) is 2.77. The van der Waals surface area contributed by atoms with Gasteiger partial charge in [0.05, 0.1) is 5.41 Å². The minimum Gasteiger partial charge on any atom is -0.292 e. The Hall–Kier alpha value is -1.64. The summed E-state index contributed by atoms with van der Waals surface area (Å²) in [5, 5.41) is 2.51. The molecule has 3 rings (SSSR count). The Bertz CT molecular complexity index is 513. The number of hydrogen-bond donors (Lipinski definition) is 1. The number of imide groups is 1. The van der Waals surface area contributed by atoms with Gasteiger partial charge >= 0.3 is 0 Å². The molecule has 1 aromatic carbocycles. The number of amides is 2. The summed E-state index contributed by atoms with van der Waals surface area (Å²) in [4.78, 5) is 24.0. The Balaban J connectivity index is 2.25. The molecule has 0 bridgehead atoms. The van der Waals surface area contributed by atoms with Crippen LogP contribution in [-0.4, -0.2) is 11.8 Å². The maximum atomic E-state index is 12.2. The minimum atomic E-state index is -0.435. The lowest BCUT2D eigenvalue weighted by Gasteiger charge is -2.33. The number of rotatable bonds is 0. The predicted molar refractivity (Wildman–Crippen MR) is 63.8 cm³/mol. The van der Waals surface area contributed by atoms with Crippen molar-refractivity contribution in [3.05, 3.63) is 34.9 Å². The van der Waals surface area contributed by atoms with Crippen LogP contribution in [0.4, 0.5) is 0 Å². The van der Waals surface area contributed by atoms with Crippen molar-refractivity contribution in [2.75, 3.05) is 0 Å². The zero-order valence-electron chi connectivity index (χ0n) is 9.88. The maximum Gasteiger partial charge on any atom is 0.258 e. The van der Waals surface area contributed by atoms with Crippen LogP contribution in [0.25, 0.3) is 0 Å². The largest absolute Gasteiger partial charge is 0.292 e. The van der Waals surface area contributed by atoms with Gasteiger partial charge in [0.2, 0.25) is 5.91 Å². The molecular formula is C14H15NO2. The fraction of sp³-hybridized carbons (Fsp3) is 0.429. The number of aryl methyl sites for hydroxylation is 1. The SMILES string of the molecule is Cc1ccc2c(c1)C1(CCCC1)C(=O)NC2=O. The summed E-state index contributed by atoms with van der Waals surface area (Å²) in [6.45, 7) is 2.00. The van der Waals surface area contributed by atoms with Gasteiger partial charge in [-0.1, -0.05) is 30.5 Å². The van der Waals surface area contributed by atoms with Gasteiger partial charge in [-0.15, -0.1) is 0 Å². The molecule has 1 N–H and O–H groups in total. The molecule has 0 radical (unpaired) electrons. The lowest BCUT2D eigenvalue weighted by molar-refractivity contribution is -0.126. The van der Waals surface area contributed by atoms with Gasteiger partial charge in [-0.3, -0.25) is 14.9 Å². The van der Waals surface area contributed by atoms with Crippen LogP contribution in [0.3, 0.4) is 0 Å². The summed E-state index contributed by atoms with van der Waals surface area (Å²) in [5.41, 5.74) is 2.30. The van der Waals surface area contributed by atoms with E-state index in [2.05, 4.69) is 5.32 Å². The molecule has 0 unspecified atom stereocenters. The van der Waals surface area contributed by atoms with Gasteiger partial charge in [-0.2, -0.15) is 0 Å². The van der Waals surface area contributed by atoms with Crippen molar-refractivity contribution in [2.24, 2.45) is 0 Å². The third-order valence-electron chi connectivity index (χ3n) is 4.05. The molecule has 2 amide bonds. The first-order valence-electron chi connectivity index (χ1n) is 6.10. The van der Waals surface area contributed by atoms with Crippen LogP contribution in [0.15, 0.2) is 18.2 Å². The molecule has 1 aliphatic carbocycles. The molecule has 88 valence electrons. The van der Waals surface area contributed by atoms with Gasteiger partial charge in [0.15, 0.2) is 0 Å². The molecule has 2 aliphatic rings. The number of nitrogens with one attached hydrogen (secondary N) is 1. The van der Waals surface area contributed by atoms with E-state index in [1.54, 1.807) is 0 Å². The zero-order chi connectivity index (χ0) is 12.0. The van der Waals surface area contributed by atoms with E-state index in [-0.39, 0.29) is 11.8 Å². The van der Waals surface area contributed by atoms with Crippen LogP contribution in [-0.2, 0) is 10.2 Å². The predicted octanol–water partition coefficient (Wildman–Crippen LogP) is 2.08. The second-order valence-corrected chi connectivity index (χ2v) is 5.12. The van der Waals surface area contributed by atoms with E-state index in [4.69, 9.17) is 0 Å². The van der Waals surface area contributed by atoms with Crippen molar-refractivity contribution >= 4 is 11.8 Å². The molecule has 0 atom stereocenters. The van der Waals surface area contributed by atoms with Crippen molar-refractivity contribution in [1.82, 2.24) is 5.32 Å². The number of benzene rings is 1. The number of carbonyl (C=O) groups is 2. The molecule has 1 heterocycles. The van der Waals surface area contributed by atoms with E-state index < -0.39 is 5.41 Å². The lowest BCUT2D eigenvalue weighted by Crippen LogP contribution is -2.50. The Morgan fingerprint density at radius 1 is 1.18 bits per heavy atom. The Kier molecular flexibility index (Phi) is 2.12. The first kappa shape index (κ1) is 10.5. The van der Waals surface area contributed by atoms with Gasteiger partial charge in [0.25, 0.3) is 5.91 Å². The van der Waals surface area contributed by atoms with Crippen molar-refractivity contribution in [3.63, 3.8) is 0 Å². The van der Waals surface area contributed by atoms with Gasteiger partial charge in [0, 0.05) is 5.56 Å². The third kappa shape index (κ3) is 1.35. The highest BCUT2D eigenvalue weighted by Crippen LogP contribution is 2.44. The van der Waals surface area contributed by atoms with E-state index >= 15 is 0 Å². The molecule has 3 heteroatoms. The van der Waals surface area contributed by atoms with Crippen LogP contribution in [0.2, 0.25) is 0 Å². The van der Waals surface area contributed by atoms with Crippen molar-refractivity contribution in [1.29, 1.82) is 0 Å².